The highest BCUT2D eigenvalue weighted by Crippen LogP contribution is 2.39. The minimum absolute atomic E-state index is 0.0273. The lowest BCUT2D eigenvalue weighted by atomic mass is 9.93. The van der Waals surface area contributed by atoms with Crippen molar-refractivity contribution in [2.45, 2.75) is 59.5 Å². The van der Waals surface area contributed by atoms with E-state index in [1.54, 1.807) is 0 Å². The first kappa shape index (κ1) is 19.3. The summed E-state index contributed by atoms with van der Waals surface area (Å²) < 4.78 is 12.0. The van der Waals surface area contributed by atoms with Crippen molar-refractivity contribution in [2.75, 3.05) is 11.9 Å². The van der Waals surface area contributed by atoms with Gasteiger partial charge in [-0.25, -0.2) is 0 Å². The summed E-state index contributed by atoms with van der Waals surface area (Å²) in [7, 11) is 0. The van der Waals surface area contributed by atoms with Gasteiger partial charge < -0.3 is 14.8 Å². The molecule has 27 heavy (non-hydrogen) atoms. The van der Waals surface area contributed by atoms with E-state index in [-0.39, 0.29) is 18.1 Å². The van der Waals surface area contributed by atoms with Crippen LogP contribution in [0.1, 0.15) is 49.4 Å². The molecule has 4 nitrogen and oxygen atoms in total. The normalized spacial score (nSPS) is 14.9. The molecule has 0 aliphatic carbocycles. The highest BCUT2D eigenvalue weighted by Gasteiger charge is 2.28. The van der Waals surface area contributed by atoms with Crippen molar-refractivity contribution in [1.29, 1.82) is 0 Å². The molecule has 2 aromatic rings. The lowest BCUT2D eigenvalue weighted by Crippen LogP contribution is -2.33. The smallest absolute Gasteiger partial charge is 0.262 e. The van der Waals surface area contributed by atoms with Gasteiger partial charge >= 0.3 is 0 Å². The van der Waals surface area contributed by atoms with Gasteiger partial charge in [0.05, 0.1) is 0 Å². The van der Waals surface area contributed by atoms with E-state index in [1.807, 2.05) is 44.2 Å². The molecule has 0 radical (unpaired) electrons. The molecule has 0 unspecified atom stereocenters. The number of para-hydroxylation sites is 1. The number of hydrogen-bond donors (Lipinski definition) is 1. The minimum Gasteiger partial charge on any atom is -0.487 e. The maximum Gasteiger partial charge on any atom is 0.262 e. The van der Waals surface area contributed by atoms with E-state index in [4.69, 9.17) is 9.47 Å². The Labute approximate surface area is 161 Å². The fourth-order valence-electron chi connectivity index (χ4n) is 3.51. The summed E-state index contributed by atoms with van der Waals surface area (Å²) in [6.45, 7) is 10.2. The number of amides is 1. The van der Waals surface area contributed by atoms with Crippen LogP contribution in [-0.2, 0) is 17.6 Å². The van der Waals surface area contributed by atoms with Gasteiger partial charge in [0, 0.05) is 11.3 Å². The van der Waals surface area contributed by atoms with Gasteiger partial charge in [0.1, 0.15) is 17.1 Å². The molecule has 3 rings (SSSR count). The summed E-state index contributed by atoms with van der Waals surface area (Å²) >= 11 is 0. The van der Waals surface area contributed by atoms with Crippen molar-refractivity contribution >= 4 is 11.6 Å². The Morgan fingerprint density at radius 3 is 2.74 bits per heavy atom. The maximum absolute atomic E-state index is 12.4. The predicted octanol–water partition coefficient (Wildman–Crippen LogP) is 4.99. The van der Waals surface area contributed by atoms with Gasteiger partial charge in [-0.1, -0.05) is 31.2 Å². The van der Waals surface area contributed by atoms with Crippen molar-refractivity contribution in [2.24, 2.45) is 0 Å². The molecule has 0 saturated heterocycles. The third-order valence-electron chi connectivity index (χ3n) is 5.18. The first-order chi connectivity index (χ1) is 12.8. The molecule has 1 amide bonds. The van der Waals surface area contributed by atoms with E-state index < -0.39 is 0 Å². The summed E-state index contributed by atoms with van der Waals surface area (Å²) in [5, 5.41) is 3.00. The van der Waals surface area contributed by atoms with Gasteiger partial charge in [-0.3, -0.25) is 4.79 Å². The van der Waals surface area contributed by atoms with E-state index in [0.29, 0.717) is 5.75 Å². The summed E-state index contributed by atoms with van der Waals surface area (Å²) in [6, 6.07) is 10.0. The average molecular weight is 367 g/mol. The summed E-state index contributed by atoms with van der Waals surface area (Å²) in [5.41, 5.74) is 5.07. The Hall–Kier alpha value is -2.49. The molecule has 4 heteroatoms. The number of fused-ring (bicyclic) bond motifs is 1. The van der Waals surface area contributed by atoms with Crippen LogP contribution >= 0.6 is 0 Å². The minimum atomic E-state index is -0.171. The monoisotopic (exact) mass is 367 g/mol. The van der Waals surface area contributed by atoms with Crippen LogP contribution in [0, 0.1) is 13.8 Å². The topological polar surface area (TPSA) is 47.6 Å². The third kappa shape index (κ3) is 4.26. The zero-order chi connectivity index (χ0) is 19.6. The van der Waals surface area contributed by atoms with Crippen molar-refractivity contribution in [1.82, 2.24) is 0 Å². The third-order valence-corrected chi connectivity index (χ3v) is 5.18. The zero-order valence-corrected chi connectivity index (χ0v) is 16.9. The van der Waals surface area contributed by atoms with Gasteiger partial charge in [0.25, 0.3) is 5.91 Å². The summed E-state index contributed by atoms with van der Waals surface area (Å²) in [5.74, 6) is 1.44. The van der Waals surface area contributed by atoms with Crippen LogP contribution in [0.15, 0.2) is 30.3 Å². The second kappa shape index (κ2) is 7.63. The quantitative estimate of drug-likeness (QED) is 0.810. The lowest BCUT2D eigenvalue weighted by molar-refractivity contribution is -0.118. The number of ether oxygens (including phenoxy) is 2. The van der Waals surface area contributed by atoms with Crippen LogP contribution in [0.3, 0.4) is 0 Å². The molecule has 0 fully saturated rings. The van der Waals surface area contributed by atoms with Crippen LogP contribution in [0.5, 0.6) is 11.5 Å². The van der Waals surface area contributed by atoms with Crippen molar-refractivity contribution in [3.05, 3.63) is 52.6 Å². The average Bonchev–Trinajstić information content (AvgIpc) is 2.63. The summed E-state index contributed by atoms with van der Waals surface area (Å²) in [4.78, 5) is 12.4. The SMILES string of the molecule is CCc1cccc(C)c1NC(=O)COc1ccc2c(c1C)OC(C)(C)CC2. The molecule has 1 aliphatic rings. The van der Waals surface area contributed by atoms with Crippen molar-refractivity contribution < 1.29 is 14.3 Å². The first-order valence-corrected chi connectivity index (χ1v) is 9.63. The Morgan fingerprint density at radius 1 is 1.22 bits per heavy atom. The van der Waals surface area contributed by atoms with Gasteiger partial charge in [0.15, 0.2) is 6.61 Å². The Kier molecular flexibility index (Phi) is 5.45. The molecule has 1 N–H and O–H groups in total. The van der Waals surface area contributed by atoms with Gasteiger partial charge in [-0.15, -0.1) is 0 Å². The predicted molar refractivity (Wildman–Crippen MR) is 109 cm³/mol. The number of anilines is 1. The Bertz CT molecular complexity index is 855. The number of nitrogens with one attached hydrogen (secondary N) is 1. The first-order valence-electron chi connectivity index (χ1n) is 9.63. The molecule has 0 spiro atoms. The lowest BCUT2D eigenvalue weighted by Gasteiger charge is -2.34. The number of aryl methyl sites for hydroxylation is 3. The molecule has 0 atom stereocenters. The molecule has 1 heterocycles. The molecule has 144 valence electrons. The molecule has 2 aromatic carbocycles. The maximum atomic E-state index is 12.4. The highest BCUT2D eigenvalue weighted by atomic mass is 16.5. The van der Waals surface area contributed by atoms with Crippen molar-refractivity contribution in [3.63, 3.8) is 0 Å². The number of rotatable bonds is 5. The second-order valence-corrected chi connectivity index (χ2v) is 7.84. The standard InChI is InChI=1S/C23H29NO3/c1-6-17-9-7-8-15(2)21(17)24-20(25)14-26-19-11-10-18-12-13-23(4,5)27-22(18)16(19)3/h7-11H,6,12-14H2,1-5H3,(H,24,25). The van der Waals surface area contributed by atoms with E-state index in [2.05, 4.69) is 26.1 Å². The molecule has 0 saturated carbocycles. The fourth-order valence-corrected chi connectivity index (χ4v) is 3.51. The van der Waals surface area contributed by atoms with Crippen LogP contribution in [0.25, 0.3) is 0 Å². The number of hydrogen-bond acceptors (Lipinski definition) is 3. The van der Waals surface area contributed by atoms with Crippen LogP contribution in [0.2, 0.25) is 0 Å². The van der Waals surface area contributed by atoms with E-state index in [9.17, 15) is 4.79 Å². The summed E-state index contributed by atoms with van der Waals surface area (Å²) in [6.07, 6.45) is 2.87. The largest absolute Gasteiger partial charge is 0.487 e. The fraction of sp³-hybridized carbons (Fsp3) is 0.435. The van der Waals surface area contributed by atoms with E-state index >= 15 is 0 Å². The van der Waals surface area contributed by atoms with Gasteiger partial charge in [-0.2, -0.15) is 0 Å². The number of carbonyl (C=O) groups excluding carboxylic acids is 1. The van der Waals surface area contributed by atoms with Gasteiger partial charge in [0.2, 0.25) is 0 Å². The van der Waals surface area contributed by atoms with E-state index in [1.165, 1.54) is 5.56 Å². The molecule has 0 aromatic heterocycles. The van der Waals surface area contributed by atoms with E-state index in [0.717, 1.165) is 47.4 Å². The highest BCUT2D eigenvalue weighted by molar-refractivity contribution is 5.93. The number of carbonyl (C=O) groups is 1. The molecular weight excluding hydrogens is 338 g/mol. The number of benzene rings is 2. The van der Waals surface area contributed by atoms with Crippen LogP contribution < -0.4 is 14.8 Å². The Morgan fingerprint density at radius 2 is 2.00 bits per heavy atom. The van der Waals surface area contributed by atoms with Gasteiger partial charge in [-0.05, 0) is 69.7 Å². The van der Waals surface area contributed by atoms with Crippen molar-refractivity contribution in [3.8, 4) is 11.5 Å². The second-order valence-electron chi connectivity index (χ2n) is 7.84. The van der Waals surface area contributed by atoms with Crippen LogP contribution in [-0.4, -0.2) is 18.1 Å². The van der Waals surface area contributed by atoms with Crippen LogP contribution in [0.4, 0.5) is 5.69 Å². The zero-order valence-electron chi connectivity index (χ0n) is 16.9. The molecule has 1 aliphatic heterocycles. The molecule has 0 bridgehead atoms. The Balaban J connectivity index is 1.70. The molecular formula is C23H29NO3.